The van der Waals surface area contributed by atoms with Gasteiger partial charge in [0.1, 0.15) is 0 Å². The van der Waals surface area contributed by atoms with Crippen molar-refractivity contribution in [3.05, 3.63) is 78.4 Å². The molecule has 1 amide bonds. The Labute approximate surface area is 149 Å². The third kappa shape index (κ3) is 5.57. The summed E-state index contributed by atoms with van der Waals surface area (Å²) in [6.07, 6.45) is 3.42. The van der Waals surface area contributed by atoms with Gasteiger partial charge in [0.2, 0.25) is 5.91 Å². The standard InChI is InChI=1S/C20H23NO3S/c1-3-4-8-18(17-9-6-5-7-10-17)15-20(22)21-25(23,24)19-13-11-16(2)12-14-19/h3,5-7,9-14,18H,1,4,8,15H2,2H3,(H,21,22). The molecule has 0 aliphatic heterocycles. The Morgan fingerprint density at radius 1 is 1.12 bits per heavy atom. The zero-order chi connectivity index (χ0) is 18.3. The van der Waals surface area contributed by atoms with E-state index in [2.05, 4.69) is 11.3 Å². The van der Waals surface area contributed by atoms with Crippen LogP contribution in [0.15, 0.2) is 72.1 Å². The summed E-state index contributed by atoms with van der Waals surface area (Å²) < 4.78 is 26.9. The van der Waals surface area contributed by atoms with Crippen molar-refractivity contribution in [1.29, 1.82) is 0 Å². The number of nitrogens with one attached hydrogen (secondary N) is 1. The van der Waals surface area contributed by atoms with Gasteiger partial charge in [0.15, 0.2) is 0 Å². The average Bonchev–Trinajstić information content (AvgIpc) is 2.59. The van der Waals surface area contributed by atoms with Crippen LogP contribution >= 0.6 is 0 Å². The SMILES string of the molecule is C=CCCC(CC(=O)NS(=O)(=O)c1ccc(C)cc1)c1ccccc1. The molecule has 1 atom stereocenters. The molecule has 0 aliphatic rings. The summed E-state index contributed by atoms with van der Waals surface area (Å²) in [6.45, 7) is 5.59. The molecule has 1 unspecified atom stereocenters. The molecule has 0 aromatic heterocycles. The quantitative estimate of drug-likeness (QED) is 0.728. The normalized spacial score (nSPS) is 12.4. The van der Waals surface area contributed by atoms with E-state index in [1.165, 1.54) is 12.1 Å². The number of allylic oxidation sites excluding steroid dienone is 1. The lowest BCUT2D eigenvalue weighted by Gasteiger charge is -2.16. The Bertz CT molecular complexity index is 812. The van der Waals surface area contributed by atoms with Crippen LogP contribution in [-0.4, -0.2) is 14.3 Å². The van der Waals surface area contributed by atoms with Gasteiger partial charge in [-0.15, -0.1) is 6.58 Å². The summed E-state index contributed by atoms with van der Waals surface area (Å²) in [4.78, 5) is 12.4. The van der Waals surface area contributed by atoms with E-state index >= 15 is 0 Å². The maximum atomic E-state index is 12.3. The lowest BCUT2D eigenvalue weighted by Crippen LogP contribution is -2.31. The van der Waals surface area contributed by atoms with E-state index in [4.69, 9.17) is 0 Å². The topological polar surface area (TPSA) is 63.2 Å². The summed E-state index contributed by atoms with van der Waals surface area (Å²) in [6, 6.07) is 16.1. The van der Waals surface area contributed by atoms with Gasteiger partial charge in [-0.3, -0.25) is 4.79 Å². The molecule has 0 spiro atoms. The van der Waals surface area contributed by atoms with Crippen molar-refractivity contribution < 1.29 is 13.2 Å². The molecule has 2 aromatic carbocycles. The smallest absolute Gasteiger partial charge is 0.264 e. The van der Waals surface area contributed by atoms with Crippen LogP contribution in [0.4, 0.5) is 0 Å². The summed E-state index contributed by atoms with van der Waals surface area (Å²) in [5.74, 6) is -0.550. The molecule has 4 nitrogen and oxygen atoms in total. The molecule has 0 bridgehead atoms. The molecular weight excluding hydrogens is 334 g/mol. The fraction of sp³-hybridized carbons (Fsp3) is 0.250. The minimum absolute atomic E-state index is 0.0487. The first-order valence-electron chi connectivity index (χ1n) is 8.20. The van der Waals surface area contributed by atoms with Gasteiger partial charge in [-0.25, -0.2) is 13.1 Å². The summed E-state index contributed by atoms with van der Waals surface area (Å²) in [7, 11) is -3.84. The third-order valence-corrected chi connectivity index (χ3v) is 5.39. The predicted octanol–water partition coefficient (Wildman–Crippen LogP) is 3.94. The Morgan fingerprint density at radius 3 is 2.36 bits per heavy atom. The van der Waals surface area contributed by atoms with Crippen LogP contribution in [0.25, 0.3) is 0 Å². The van der Waals surface area contributed by atoms with Gasteiger partial charge < -0.3 is 0 Å². The van der Waals surface area contributed by atoms with Crippen molar-refractivity contribution in [3.63, 3.8) is 0 Å². The molecule has 0 heterocycles. The second kappa shape index (κ2) is 8.62. The van der Waals surface area contributed by atoms with Gasteiger partial charge in [0.05, 0.1) is 4.90 Å². The van der Waals surface area contributed by atoms with E-state index in [1.54, 1.807) is 18.2 Å². The average molecular weight is 357 g/mol. The highest BCUT2D eigenvalue weighted by Crippen LogP contribution is 2.25. The van der Waals surface area contributed by atoms with Crippen molar-refractivity contribution in [1.82, 2.24) is 4.72 Å². The minimum atomic E-state index is -3.84. The van der Waals surface area contributed by atoms with Crippen LogP contribution in [-0.2, 0) is 14.8 Å². The highest BCUT2D eigenvalue weighted by atomic mass is 32.2. The van der Waals surface area contributed by atoms with E-state index in [-0.39, 0.29) is 17.2 Å². The minimum Gasteiger partial charge on any atom is -0.274 e. The van der Waals surface area contributed by atoms with Gasteiger partial charge in [0, 0.05) is 6.42 Å². The number of hydrogen-bond acceptors (Lipinski definition) is 3. The number of amides is 1. The van der Waals surface area contributed by atoms with Crippen LogP contribution in [0, 0.1) is 6.92 Å². The Balaban J connectivity index is 2.10. The number of sulfonamides is 1. The van der Waals surface area contributed by atoms with Crippen molar-refractivity contribution >= 4 is 15.9 Å². The molecule has 5 heteroatoms. The second-order valence-electron chi connectivity index (χ2n) is 6.02. The maximum Gasteiger partial charge on any atom is 0.264 e. The molecule has 132 valence electrons. The largest absolute Gasteiger partial charge is 0.274 e. The van der Waals surface area contributed by atoms with Crippen LogP contribution < -0.4 is 4.72 Å². The predicted molar refractivity (Wildman–Crippen MR) is 99.7 cm³/mol. The molecule has 25 heavy (non-hydrogen) atoms. The Kier molecular flexibility index (Phi) is 6.53. The molecule has 2 rings (SSSR count). The van der Waals surface area contributed by atoms with Crippen LogP contribution in [0.3, 0.4) is 0 Å². The first-order valence-corrected chi connectivity index (χ1v) is 9.69. The summed E-state index contributed by atoms with van der Waals surface area (Å²) >= 11 is 0. The van der Waals surface area contributed by atoms with Gasteiger partial charge in [-0.2, -0.15) is 0 Å². The third-order valence-electron chi connectivity index (χ3n) is 4.00. The Morgan fingerprint density at radius 2 is 1.76 bits per heavy atom. The Hall–Kier alpha value is -2.40. The molecule has 0 aliphatic carbocycles. The molecular formula is C20H23NO3S. The number of carbonyl (C=O) groups is 1. The molecule has 0 saturated heterocycles. The summed E-state index contributed by atoms with van der Waals surface area (Å²) in [5.41, 5.74) is 1.98. The van der Waals surface area contributed by atoms with Crippen LogP contribution in [0.5, 0.6) is 0 Å². The number of aryl methyl sites for hydroxylation is 1. The van der Waals surface area contributed by atoms with E-state index in [1.807, 2.05) is 37.3 Å². The maximum absolute atomic E-state index is 12.3. The highest BCUT2D eigenvalue weighted by molar-refractivity contribution is 7.90. The van der Waals surface area contributed by atoms with E-state index in [9.17, 15) is 13.2 Å². The fourth-order valence-corrected chi connectivity index (χ4v) is 3.62. The fourth-order valence-electron chi connectivity index (χ4n) is 2.62. The lowest BCUT2D eigenvalue weighted by molar-refractivity contribution is -0.119. The van der Waals surface area contributed by atoms with E-state index in [0.717, 1.165) is 24.0 Å². The van der Waals surface area contributed by atoms with Crippen LogP contribution in [0.2, 0.25) is 0 Å². The first-order chi connectivity index (χ1) is 11.9. The molecule has 0 fully saturated rings. The van der Waals surface area contributed by atoms with Gasteiger partial charge in [-0.05, 0) is 43.4 Å². The molecule has 0 radical (unpaired) electrons. The number of hydrogen-bond donors (Lipinski definition) is 1. The summed E-state index contributed by atoms with van der Waals surface area (Å²) in [5, 5.41) is 0. The van der Waals surface area contributed by atoms with Crippen molar-refractivity contribution in [2.45, 2.75) is 37.0 Å². The van der Waals surface area contributed by atoms with E-state index < -0.39 is 15.9 Å². The van der Waals surface area contributed by atoms with Crippen LogP contribution in [0.1, 0.15) is 36.3 Å². The zero-order valence-electron chi connectivity index (χ0n) is 14.3. The number of benzene rings is 2. The van der Waals surface area contributed by atoms with Crippen molar-refractivity contribution in [3.8, 4) is 0 Å². The molecule has 2 aromatic rings. The van der Waals surface area contributed by atoms with Crippen molar-refractivity contribution in [2.75, 3.05) is 0 Å². The number of carbonyl (C=O) groups excluding carboxylic acids is 1. The zero-order valence-corrected chi connectivity index (χ0v) is 15.1. The van der Waals surface area contributed by atoms with Gasteiger partial charge in [-0.1, -0.05) is 54.1 Å². The second-order valence-corrected chi connectivity index (χ2v) is 7.70. The first kappa shape index (κ1) is 18.9. The van der Waals surface area contributed by atoms with E-state index in [0.29, 0.717) is 0 Å². The van der Waals surface area contributed by atoms with Gasteiger partial charge in [0.25, 0.3) is 10.0 Å². The lowest BCUT2D eigenvalue weighted by atomic mass is 9.91. The molecule has 0 saturated carbocycles. The highest BCUT2D eigenvalue weighted by Gasteiger charge is 2.21. The monoisotopic (exact) mass is 357 g/mol. The molecule has 1 N–H and O–H groups in total. The van der Waals surface area contributed by atoms with Crippen molar-refractivity contribution in [2.24, 2.45) is 0 Å². The van der Waals surface area contributed by atoms with Gasteiger partial charge >= 0.3 is 0 Å². The number of rotatable bonds is 8.